The molecule has 3 rings (SSSR count). The molecule has 0 saturated carbocycles. The molecule has 0 aromatic heterocycles. The average molecular weight is 386 g/mol. The normalized spacial score (nSPS) is 13.4. The van der Waals surface area contributed by atoms with Crippen molar-refractivity contribution in [3.05, 3.63) is 47.0 Å². The van der Waals surface area contributed by atoms with E-state index in [0.717, 1.165) is 6.42 Å². The fourth-order valence-electron chi connectivity index (χ4n) is 2.28. The van der Waals surface area contributed by atoms with E-state index in [1.807, 2.05) is 0 Å². The highest BCUT2D eigenvalue weighted by molar-refractivity contribution is 7.99. The SMILES string of the molecule is O=C(Nc1ccc(SC(F)F)cc1)c1cc(Cl)c2c(c1)OCCCO2. The monoisotopic (exact) mass is 385 g/mol. The predicted molar refractivity (Wildman–Crippen MR) is 93.3 cm³/mol. The number of rotatable bonds is 4. The van der Waals surface area contributed by atoms with Gasteiger partial charge in [-0.1, -0.05) is 23.4 Å². The van der Waals surface area contributed by atoms with E-state index in [0.29, 0.717) is 57.6 Å². The second-order valence-corrected chi connectivity index (χ2v) is 6.66. The van der Waals surface area contributed by atoms with Crippen LogP contribution in [0.1, 0.15) is 16.8 Å². The maximum Gasteiger partial charge on any atom is 0.288 e. The van der Waals surface area contributed by atoms with Crippen LogP contribution < -0.4 is 14.8 Å². The number of nitrogens with one attached hydrogen (secondary N) is 1. The minimum atomic E-state index is -2.48. The topological polar surface area (TPSA) is 47.6 Å². The Balaban J connectivity index is 1.75. The van der Waals surface area contributed by atoms with Crippen molar-refractivity contribution in [3.8, 4) is 11.5 Å². The van der Waals surface area contributed by atoms with E-state index < -0.39 is 5.76 Å². The second-order valence-electron chi connectivity index (χ2n) is 5.19. The zero-order valence-electron chi connectivity index (χ0n) is 12.9. The molecule has 2 aromatic carbocycles. The van der Waals surface area contributed by atoms with Crippen LogP contribution in [0, 0.1) is 0 Å². The van der Waals surface area contributed by atoms with Crippen molar-refractivity contribution >= 4 is 35.0 Å². The van der Waals surface area contributed by atoms with Crippen LogP contribution in [0.25, 0.3) is 0 Å². The Bertz CT molecular complexity index is 771. The highest BCUT2D eigenvalue weighted by Crippen LogP contribution is 2.38. The molecular formula is C17H14ClF2NO3S. The number of alkyl halides is 2. The average Bonchev–Trinajstić information content (AvgIpc) is 2.82. The van der Waals surface area contributed by atoms with Crippen molar-refractivity contribution in [1.82, 2.24) is 0 Å². The lowest BCUT2D eigenvalue weighted by atomic mass is 10.1. The summed E-state index contributed by atoms with van der Waals surface area (Å²) >= 11 is 6.63. The zero-order valence-corrected chi connectivity index (χ0v) is 14.5. The number of hydrogen-bond acceptors (Lipinski definition) is 4. The molecule has 8 heteroatoms. The Morgan fingerprint density at radius 1 is 1.16 bits per heavy atom. The molecule has 1 heterocycles. The van der Waals surface area contributed by atoms with Gasteiger partial charge in [0, 0.05) is 22.6 Å². The van der Waals surface area contributed by atoms with E-state index in [-0.39, 0.29) is 5.91 Å². The predicted octanol–water partition coefficient (Wildman–Crippen LogP) is 5.07. The summed E-state index contributed by atoms with van der Waals surface area (Å²) in [5, 5.41) is 3.00. The van der Waals surface area contributed by atoms with Gasteiger partial charge < -0.3 is 14.8 Å². The first-order valence-electron chi connectivity index (χ1n) is 7.48. The highest BCUT2D eigenvalue weighted by Gasteiger charge is 2.18. The maximum atomic E-state index is 12.4. The molecule has 1 aliphatic heterocycles. The smallest absolute Gasteiger partial charge is 0.288 e. The molecule has 0 bridgehead atoms. The number of amides is 1. The van der Waals surface area contributed by atoms with Crippen molar-refractivity contribution in [2.75, 3.05) is 18.5 Å². The fraction of sp³-hybridized carbons (Fsp3) is 0.235. The summed E-state index contributed by atoms with van der Waals surface area (Å²) < 4.78 is 35.7. The number of ether oxygens (including phenoxy) is 2. The van der Waals surface area contributed by atoms with Crippen LogP contribution in [0.2, 0.25) is 5.02 Å². The van der Waals surface area contributed by atoms with Crippen LogP contribution in [0.3, 0.4) is 0 Å². The Morgan fingerprint density at radius 3 is 2.60 bits per heavy atom. The minimum Gasteiger partial charge on any atom is -0.489 e. The van der Waals surface area contributed by atoms with E-state index >= 15 is 0 Å². The largest absolute Gasteiger partial charge is 0.489 e. The third kappa shape index (κ3) is 4.55. The first-order chi connectivity index (χ1) is 12.0. The van der Waals surface area contributed by atoms with E-state index in [1.165, 1.54) is 18.2 Å². The molecule has 2 aromatic rings. The summed E-state index contributed by atoms with van der Waals surface area (Å²) in [5.41, 5.74) is 0.812. The summed E-state index contributed by atoms with van der Waals surface area (Å²) in [7, 11) is 0. The van der Waals surface area contributed by atoms with Crippen LogP contribution in [0.15, 0.2) is 41.3 Å². The lowest BCUT2D eigenvalue weighted by Crippen LogP contribution is -2.12. The maximum absolute atomic E-state index is 12.4. The molecule has 1 aliphatic rings. The number of carbonyl (C=O) groups is 1. The number of halogens is 3. The van der Waals surface area contributed by atoms with Gasteiger partial charge in [0.15, 0.2) is 11.5 Å². The number of anilines is 1. The van der Waals surface area contributed by atoms with Gasteiger partial charge in [-0.05, 0) is 36.4 Å². The number of thioether (sulfide) groups is 1. The lowest BCUT2D eigenvalue weighted by molar-refractivity contribution is 0.102. The molecule has 0 aliphatic carbocycles. The van der Waals surface area contributed by atoms with Crippen LogP contribution in [-0.4, -0.2) is 24.9 Å². The first kappa shape index (κ1) is 17.8. The third-order valence-corrected chi connectivity index (χ3v) is 4.40. The molecule has 1 N–H and O–H groups in total. The van der Waals surface area contributed by atoms with Crippen molar-refractivity contribution in [3.63, 3.8) is 0 Å². The quantitative estimate of drug-likeness (QED) is 0.746. The molecular weight excluding hydrogens is 372 g/mol. The van der Waals surface area contributed by atoms with Gasteiger partial charge in [0.05, 0.1) is 18.2 Å². The van der Waals surface area contributed by atoms with Gasteiger partial charge in [0.25, 0.3) is 11.7 Å². The van der Waals surface area contributed by atoms with Gasteiger partial charge in [-0.15, -0.1) is 0 Å². The van der Waals surface area contributed by atoms with Gasteiger partial charge in [0.1, 0.15) is 0 Å². The van der Waals surface area contributed by atoms with Gasteiger partial charge in [-0.2, -0.15) is 8.78 Å². The third-order valence-electron chi connectivity index (χ3n) is 3.40. The van der Waals surface area contributed by atoms with Gasteiger partial charge in [0.2, 0.25) is 0 Å². The lowest BCUT2D eigenvalue weighted by Gasteiger charge is -2.12. The van der Waals surface area contributed by atoms with E-state index in [4.69, 9.17) is 21.1 Å². The number of benzene rings is 2. The number of carbonyl (C=O) groups excluding carboxylic acids is 1. The minimum absolute atomic E-state index is 0.299. The molecule has 1 amide bonds. The highest BCUT2D eigenvalue weighted by atomic mass is 35.5. The number of fused-ring (bicyclic) bond motifs is 1. The number of hydrogen-bond donors (Lipinski definition) is 1. The van der Waals surface area contributed by atoms with Gasteiger partial charge in [-0.3, -0.25) is 4.79 Å². The Morgan fingerprint density at radius 2 is 1.88 bits per heavy atom. The molecule has 25 heavy (non-hydrogen) atoms. The van der Waals surface area contributed by atoms with Crippen molar-refractivity contribution in [2.45, 2.75) is 17.1 Å². The van der Waals surface area contributed by atoms with Crippen LogP contribution in [0.5, 0.6) is 11.5 Å². The molecule has 0 fully saturated rings. The molecule has 0 unspecified atom stereocenters. The van der Waals surface area contributed by atoms with Crippen LogP contribution in [-0.2, 0) is 0 Å². The molecule has 132 valence electrons. The van der Waals surface area contributed by atoms with E-state index in [1.54, 1.807) is 18.2 Å². The summed E-state index contributed by atoms with van der Waals surface area (Å²) in [4.78, 5) is 12.8. The Labute approximate surface area is 152 Å². The van der Waals surface area contributed by atoms with Crippen LogP contribution in [0.4, 0.5) is 14.5 Å². The molecule has 0 radical (unpaired) electrons. The summed E-state index contributed by atoms with van der Waals surface area (Å²) in [6.45, 7) is 0.985. The van der Waals surface area contributed by atoms with E-state index in [9.17, 15) is 13.6 Å². The second kappa shape index (κ2) is 7.93. The molecule has 0 saturated heterocycles. The Kier molecular flexibility index (Phi) is 5.65. The summed E-state index contributed by atoms with van der Waals surface area (Å²) in [6, 6.07) is 9.25. The Hall–Kier alpha value is -1.99. The van der Waals surface area contributed by atoms with Gasteiger partial charge in [-0.25, -0.2) is 0 Å². The van der Waals surface area contributed by atoms with E-state index in [2.05, 4.69) is 5.32 Å². The van der Waals surface area contributed by atoms with Crippen molar-refractivity contribution in [2.24, 2.45) is 0 Å². The molecule has 0 spiro atoms. The van der Waals surface area contributed by atoms with Crippen molar-refractivity contribution in [1.29, 1.82) is 0 Å². The summed E-state index contributed by atoms with van der Waals surface area (Å²) in [6.07, 6.45) is 0.732. The molecule has 0 atom stereocenters. The first-order valence-corrected chi connectivity index (χ1v) is 8.74. The van der Waals surface area contributed by atoms with Crippen LogP contribution >= 0.6 is 23.4 Å². The molecule has 4 nitrogen and oxygen atoms in total. The zero-order chi connectivity index (χ0) is 17.8. The van der Waals surface area contributed by atoms with Gasteiger partial charge >= 0.3 is 0 Å². The summed E-state index contributed by atoms with van der Waals surface area (Å²) in [5.74, 6) is -2.00. The standard InChI is InChI=1S/C17H14ClF2NO3S/c18-13-8-10(9-14-15(13)24-7-1-6-23-14)16(22)21-11-2-4-12(5-3-11)25-17(19)20/h2-5,8-9,17H,1,6-7H2,(H,21,22). The van der Waals surface area contributed by atoms with Crippen molar-refractivity contribution < 1.29 is 23.0 Å². The fourth-order valence-corrected chi connectivity index (χ4v) is 3.05.